The first-order valence-corrected chi connectivity index (χ1v) is 11.2. The molecule has 0 saturated heterocycles. The van der Waals surface area contributed by atoms with E-state index < -0.39 is 0 Å². The van der Waals surface area contributed by atoms with Crippen LogP contribution in [0, 0.1) is 6.92 Å². The highest BCUT2D eigenvalue weighted by molar-refractivity contribution is 7.99. The molecule has 4 rings (SSSR count). The molecule has 0 bridgehead atoms. The van der Waals surface area contributed by atoms with Crippen LogP contribution in [0.5, 0.6) is 0 Å². The third kappa shape index (κ3) is 5.57. The van der Waals surface area contributed by atoms with E-state index in [-0.39, 0.29) is 11.7 Å². The van der Waals surface area contributed by atoms with Crippen LogP contribution in [-0.4, -0.2) is 31.4 Å². The number of thioether (sulfide) groups is 1. The Morgan fingerprint density at radius 2 is 1.90 bits per heavy atom. The first-order valence-electron chi connectivity index (χ1n) is 9.86. The Labute approximate surface area is 190 Å². The third-order valence-corrected chi connectivity index (χ3v) is 6.02. The minimum absolute atomic E-state index is 0.121. The first kappa shape index (κ1) is 21.2. The highest BCUT2D eigenvalue weighted by atomic mass is 35.5. The van der Waals surface area contributed by atoms with Gasteiger partial charge in [-0.25, -0.2) is 9.67 Å². The molecule has 0 saturated carbocycles. The molecule has 2 heterocycles. The zero-order valence-corrected chi connectivity index (χ0v) is 18.6. The number of nitrogens with one attached hydrogen (secondary N) is 2. The van der Waals surface area contributed by atoms with Gasteiger partial charge in [0.25, 0.3) is 0 Å². The molecule has 31 heavy (non-hydrogen) atoms. The number of aromatic amines is 1. The van der Waals surface area contributed by atoms with Crippen molar-refractivity contribution in [2.45, 2.75) is 25.0 Å². The fourth-order valence-electron chi connectivity index (χ4n) is 3.16. The number of anilines is 1. The molecule has 0 radical (unpaired) electrons. The molecule has 4 aromatic rings. The van der Waals surface area contributed by atoms with E-state index in [0.29, 0.717) is 17.4 Å². The second-order valence-corrected chi connectivity index (χ2v) is 8.45. The summed E-state index contributed by atoms with van der Waals surface area (Å²) in [5, 5.41) is 8.63. The van der Waals surface area contributed by atoms with Crippen LogP contribution >= 0.6 is 23.4 Å². The number of benzene rings is 2. The fraction of sp³-hybridized carbons (Fsp3) is 0.174. The maximum absolute atomic E-state index is 12.5. The van der Waals surface area contributed by atoms with Crippen molar-refractivity contribution in [3.05, 3.63) is 94.4 Å². The number of hydrogen-bond acceptors (Lipinski definition) is 4. The van der Waals surface area contributed by atoms with Gasteiger partial charge in [-0.15, -0.1) is 0 Å². The summed E-state index contributed by atoms with van der Waals surface area (Å²) in [7, 11) is 0. The van der Waals surface area contributed by atoms with Gasteiger partial charge in [0.1, 0.15) is 5.82 Å². The fourth-order valence-corrected chi connectivity index (χ4v) is 4.10. The highest BCUT2D eigenvalue weighted by Crippen LogP contribution is 2.21. The predicted octanol–water partition coefficient (Wildman–Crippen LogP) is 4.94. The van der Waals surface area contributed by atoms with E-state index in [4.69, 9.17) is 11.6 Å². The van der Waals surface area contributed by atoms with Crippen LogP contribution in [0.25, 0.3) is 0 Å². The number of carbonyl (C=O) groups is 1. The Bertz CT molecular complexity index is 1170. The van der Waals surface area contributed by atoms with Crippen molar-refractivity contribution in [1.29, 1.82) is 0 Å². The molecule has 0 spiro atoms. The van der Waals surface area contributed by atoms with Crippen molar-refractivity contribution in [3.63, 3.8) is 0 Å². The van der Waals surface area contributed by atoms with E-state index in [1.807, 2.05) is 49.4 Å². The molecular formula is C23H22ClN5OS. The predicted molar refractivity (Wildman–Crippen MR) is 125 cm³/mol. The lowest BCUT2D eigenvalue weighted by Crippen LogP contribution is -2.18. The number of aryl methyl sites for hydroxylation is 1. The lowest BCUT2D eigenvalue weighted by atomic mass is 10.1. The number of nitrogens with zero attached hydrogens (tertiary/aromatic N) is 3. The Kier molecular flexibility index (Phi) is 6.74. The second-order valence-electron chi connectivity index (χ2n) is 7.08. The van der Waals surface area contributed by atoms with Crippen molar-refractivity contribution in [2.75, 3.05) is 11.1 Å². The zero-order chi connectivity index (χ0) is 21.6. The lowest BCUT2D eigenvalue weighted by molar-refractivity contribution is -0.113. The molecule has 0 fully saturated rings. The van der Waals surface area contributed by atoms with Gasteiger partial charge in [0.15, 0.2) is 5.16 Å². The largest absolute Gasteiger partial charge is 0.337 e. The Balaban J connectivity index is 1.34. The van der Waals surface area contributed by atoms with Crippen LogP contribution in [-0.2, 0) is 17.8 Å². The molecule has 0 aliphatic rings. The molecule has 0 aliphatic carbocycles. The normalized spacial score (nSPS) is 10.9. The monoisotopic (exact) mass is 451 g/mol. The van der Waals surface area contributed by atoms with Crippen molar-refractivity contribution in [2.24, 2.45) is 0 Å². The number of rotatable bonds is 8. The molecule has 0 unspecified atom stereocenters. The van der Waals surface area contributed by atoms with Crippen molar-refractivity contribution < 1.29 is 4.79 Å². The lowest BCUT2D eigenvalue weighted by Gasteiger charge is -2.10. The smallest absolute Gasteiger partial charge is 0.235 e. The number of H-pyrrole nitrogens is 1. The molecule has 1 amide bonds. The average molecular weight is 452 g/mol. The quantitative estimate of drug-likeness (QED) is 0.372. The topological polar surface area (TPSA) is 75.6 Å². The standard InChI is InChI=1S/C23H22ClN5OS/c1-16-20(13-17-7-3-2-4-8-17)27-23(26-16)31-15-22(30)28-21-11-12-25-29(21)14-18-9-5-6-10-19(18)24/h2-12H,13-15H2,1H3,(H,26,27)(H,28,30). The summed E-state index contributed by atoms with van der Waals surface area (Å²) in [6.45, 7) is 2.48. The van der Waals surface area contributed by atoms with Gasteiger partial charge < -0.3 is 10.3 Å². The van der Waals surface area contributed by atoms with Crippen molar-refractivity contribution in [1.82, 2.24) is 19.7 Å². The number of aromatic nitrogens is 4. The summed E-state index contributed by atoms with van der Waals surface area (Å²) in [4.78, 5) is 20.4. The molecule has 6 nitrogen and oxygen atoms in total. The van der Waals surface area contributed by atoms with Gasteiger partial charge in [0.05, 0.1) is 24.2 Å². The zero-order valence-electron chi connectivity index (χ0n) is 17.0. The van der Waals surface area contributed by atoms with E-state index in [2.05, 4.69) is 32.5 Å². The molecule has 2 aromatic carbocycles. The molecule has 8 heteroatoms. The van der Waals surface area contributed by atoms with Crippen LogP contribution < -0.4 is 5.32 Å². The molecule has 158 valence electrons. The van der Waals surface area contributed by atoms with Gasteiger partial charge in [-0.3, -0.25) is 4.79 Å². The Hall–Kier alpha value is -3.03. The Morgan fingerprint density at radius 1 is 1.13 bits per heavy atom. The van der Waals surface area contributed by atoms with Gasteiger partial charge in [0, 0.05) is 23.2 Å². The Morgan fingerprint density at radius 3 is 2.71 bits per heavy atom. The van der Waals surface area contributed by atoms with Gasteiger partial charge >= 0.3 is 0 Å². The summed E-state index contributed by atoms with van der Waals surface area (Å²) in [6.07, 6.45) is 2.42. The molecule has 0 aliphatic heterocycles. The van der Waals surface area contributed by atoms with E-state index in [0.717, 1.165) is 28.5 Å². The number of carbonyl (C=O) groups excluding carboxylic acids is 1. The summed E-state index contributed by atoms with van der Waals surface area (Å²) in [5.74, 6) is 0.755. The van der Waals surface area contributed by atoms with Crippen LogP contribution in [0.1, 0.15) is 22.5 Å². The van der Waals surface area contributed by atoms with E-state index >= 15 is 0 Å². The number of halogens is 1. The molecule has 2 N–H and O–H groups in total. The molecule has 2 aromatic heterocycles. The third-order valence-electron chi connectivity index (χ3n) is 4.78. The van der Waals surface area contributed by atoms with Gasteiger partial charge in [-0.05, 0) is 24.1 Å². The number of amides is 1. The summed E-state index contributed by atoms with van der Waals surface area (Å²) in [5.41, 5.74) is 4.16. The van der Waals surface area contributed by atoms with E-state index in [1.165, 1.54) is 17.3 Å². The van der Waals surface area contributed by atoms with Crippen LogP contribution in [0.4, 0.5) is 5.82 Å². The second kappa shape index (κ2) is 9.85. The number of hydrogen-bond donors (Lipinski definition) is 2. The van der Waals surface area contributed by atoms with Crippen molar-refractivity contribution in [3.8, 4) is 0 Å². The van der Waals surface area contributed by atoms with E-state index in [9.17, 15) is 4.79 Å². The minimum Gasteiger partial charge on any atom is -0.337 e. The number of imidazole rings is 1. The molecule has 0 atom stereocenters. The maximum atomic E-state index is 12.5. The summed E-state index contributed by atoms with van der Waals surface area (Å²) < 4.78 is 1.72. The van der Waals surface area contributed by atoms with Crippen LogP contribution in [0.15, 0.2) is 72.0 Å². The summed E-state index contributed by atoms with van der Waals surface area (Å²) in [6, 6.07) is 19.6. The van der Waals surface area contributed by atoms with Gasteiger partial charge in [-0.1, -0.05) is 71.9 Å². The van der Waals surface area contributed by atoms with Crippen molar-refractivity contribution >= 4 is 35.1 Å². The SMILES string of the molecule is Cc1[nH]c(SCC(=O)Nc2ccnn2Cc2ccccc2Cl)nc1Cc1ccccc1. The van der Waals surface area contributed by atoms with Gasteiger partial charge in [0.2, 0.25) is 5.91 Å². The van der Waals surface area contributed by atoms with Gasteiger partial charge in [-0.2, -0.15) is 5.10 Å². The summed E-state index contributed by atoms with van der Waals surface area (Å²) >= 11 is 7.62. The maximum Gasteiger partial charge on any atom is 0.235 e. The van der Waals surface area contributed by atoms with Crippen LogP contribution in [0.2, 0.25) is 5.02 Å². The average Bonchev–Trinajstić information content (AvgIpc) is 3.35. The van der Waals surface area contributed by atoms with Crippen LogP contribution in [0.3, 0.4) is 0 Å². The minimum atomic E-state index is -0.121. The highest BCUT2D eigenvalue weighted by Gasteiger charge is 2.12. The van der Waals surface area contributed by atoms with E-state index in [1.54, 1.807) is 16.9 Å². The molecular weight excluding hydrogens is 430 g/mol. The first-order chi connectivity index (χ1) is 15.1.